The van der Waals surface area contributed by atoms with Crippen LogP contribution in [-0.4, -0.2) is 40.3 Å². The van der Waals surface area contributed by atoms with Gasteiger partial charge in [0.2, 0.25) is 5.91 Å². The molecule has 140 valence electrons. The van der Waals surface area contributed by atoms with E-state index in [-0.39, 0.29) is 11.8 Å². The number of rotatable bonds is 6. The fourth-order valence-corrected chi connectivity index (χ4v) is 2.95. The van der Waals surface area contributed by atoms with Crippen LogP contribution >= 0.6 is 0 Å². The molecule has 1 aliphatic rings. The Morgan fingerprint density at radius 2 is 2.19 bits per heavy atom. The van der Waals surface area contributed by atoms with Crippen LogP contribution in [0.4, 0.5) is 19.0 Å². The Bertz CT molecular complexity index is 715. The minimum absolute atomic E-state index is 0.0279. The van der Waals surface area contributed by atoms with E-state index in [0.29, 0.717) is 31.9 Å². The van der Waals surface area contributed by atoms with Crippen molar-refractivity contribution in [3.8, 4) is 0 Å². The number of hydrogen-bond acceptors (Lipinski definition) is 4. The van der Waals surface area contributed by atoms with Crippen LogP contribution in [0, 0.1) is 5.92 Å². The zero-order valence-electron chi connectivity index (χ0n) is 14.1. The van der Waals surface area contributed by atoms with Crippen molar-refractivity contribution in [3.05, 3.63) is 42.4 Å². The number of aromatic nitrogens is 3. The van der Waals surface area contributed by atoms with E-state index in [4.69, 9.17) is 0 Å². The average molecular weight is 367 g/mol. The molecule has 0 bridgehead atoms. The fourth-order valence-electron chi connectivity index (χ4n) is 2.95. The summed E-state index contributed by atoms with van der Waals surface area (Å²) in [5.41, 5.74) is -0.771. The number of amides is 1. The Morgan fingerprint density at radius 1 is 1.35 bits per heavy atom. The lowest BCUT2D eigenvalue weighted by Crippen LogP contribution is -2.33. The van der Waals surface area contributed by atoms with Crippen molar-refractivity contribution in [1.29, 1.82) is 0 Å². The fraction of sp³-hybridized carbons (Fsp3) is 0.471. The van der Waals surface area contributed by atoms with Gasteiger partial charge in [0.15, 0.2) is 0 Å². The second-order valence-electron chi connectivity index (χ2n) is 6.25. The Kier molecular flexibility index (Phi) is 5.43. The molecule has 1 aliphatic heterocycles. The molecule has 0 saturated carbocycles. The van der Waals surface area contributed by atoms with E-state index < -0.39 is 11.7 Å². The topological polar surface area (TPSA) is 63.1 Å². The maximum atomic E-state index is 12.6. The quantitative estimate of drug-likeness (QED) is 0.796. The van der Waals surface area contributed by atoms with Gasteiger partial charge in [0.05, 0.1) is 11.5 Å². The summed E-state index contributed by atoms with van der Waals surface area (Å²) in [6, 6.07) is 4.22. The molecule has 1 fully saturated rings. The van der Waals surface area contributed by atoms with E-state index in [9.17, 15) is 18.0 Å². The largest absolute Gasteiger partial charge is 0.417 e. The molecule has 2 aromatic heterocycles. The molecule has 1 amide bonds. The molecule has 2 aromatic rings. The number of carbonyl (C=O) groups excluding carboxylic acids is 1. The monoisotopic (exact) mass is 367 g/mol. The summed E-state index contributed by atoms with van der Waals surface area (Å²) in [6.07, 6.45) is 1.46. The number of nitrogens with one attached hydrogen (secondary N) is 1. The van der Waals surface area contributed by atoms with Crippen molar-refractivity contribution in [2.24, 2.45) is 5.92 Å². The van der Waals surface area contributed by atoms with Crippen LogP contribution in [0.1, 0.15) is 18.4 Å². The molecule has 1 N–H and O–H groups in total. The maximum Gasteiger partial charge on any atom is 0.417 e. The van der Waals surface area contributed by atoms with E-state index in [1.165, 1.54) is 6.07 Å². The van der Waals surface area contributed by atoms with Crippen molar-refractivity contribution in [3.63, 3.8) is 0 Å². The van der Waals surface area contributed by atoms with Crippen LogP contribution < -0.4 is 10.2 Å². The van der Waals surface area contributed by atoms with E-state index in [1.54, 1.807) is 10.9 Å². The SMILES string of the molecule is O=C(NCCCn1cccn1)[C@H]1CCN(c2ccc(C(F)(F)F)cn2)C1. The highest BCUT2D eigenvalue weighted by molar-refractivity contribution is 5.80. The van der Waals surface area contributed by atoms with Crippen molar-refractivity contribution >= 4 is 11.7 Å². The molecule has 0 radical (unpaired) electrons. The Labute approximate surface area is 149 Å². The molecule has 0 aliphatic carbocycles. The Balaban J connectivity index is 1.44. The number of anilines is 1. The normalized spacial score (nSPS) is 17.5. The predicted molar refractivity (Wildman–Crippen MR) is 89.4 cm³/mol. The summed E-state index contributed by atoms with van der Waals surface area (Å²) >= 11 is 0. The van der Waals surface area contributed by atoms with Crippen molar-refractivity contribution in [2.75, 3.05) is 24.5 Å². The van der Waals surface area contributed by atoms with Crippen LogP contribution in [-0.2, 0) is 17.5 Å². The second-order valence-corrected chi connectivity index (χ2v) is 6.25. The molecule has 1 atom stereocenters. The van der Waals surface area contributed by atoms with Crippen molar-refractivity contribution < 1.29 is 18.0 Å². The van der Waals surface area contributed by atoms with Crippen LogP contribution in [0.2, 0.25) is 0 Å². The zero-order chi connectivity index (χ0) is 18.6. The number of aryl methyl sites for hydroxylation is 1. The van der Waals surface area contributed by atoms with Gasteiger partial charge in [-0.25, -0.2) is 4.98 Å². The Morgan fingerprint density at radius 3 is 2.85 bits per heavy atom. The molecule has 0 aromatic carbocycles. The lowest BCUT2D eigenvalue weighted by molar-refractivity contribution is -0.137. The summed E-state index contributed by atoms with van der Waals surface area (Å²) in [5.74, 6) is 0.260. The molecule has 0 unspecified atom stereocenters. The lowest BCUT2D eigenvalue weighted by atomic mass is 10.1. The highest BCUT2D eigenvalue weighted by Crippen LogP contribution is 2.30. The molecule has 3 rings (SSSR count). The van der Waals surface area contributed by atoms with Gasteiger partial charge in [-0.05, 0) is 31.0 Å². The van der Waals surface area contributed by atoms with E-state index in [2.05, 4.69) is 15.4 Å². The highest BCUT2D eigenvalue weighted by atomic mass is 19.4. The van der Waals surface area contributed by atoms with Crippen molar-refractivity contribution in [2.45, 2.75) is 25.6 Å². The number of nitrogens with zero attached hydrogens (tertiary/aromatic N) is 4. The first-order valence-electron chi connectivity index (χ1n) is 8.47. The third-order valence-electron chi connectivity index (χ3n) is 4.38. The molecule has 9 heteroatoms. The maximum absolute atomic E-state index is 12.6. The van der Waals surface area contributed by atoms with E-state index >= 15 is 0 Å². The van der Waals surface area contributed by atoms with Gasteiger partial charge in [0.25, 0.3) is 0 Å². The summed E-state index contributed by atoms with van der Waals surface area (Å²) in [7, 11) is 0. The number of hydrogen-bond donors (Lipinski definition) is 1. The highest BCUT2D eigenvalue weighted by Gasteiger charge is 2.32. The number of halogens is 3. The summed E-state index contributed by atoms with van der Waals surface area (Å²) in [4.78, 5) is 18.0. The van der Waals surface area contributed by atoms with Crippen LogP contribution in [0.3, 0.4) is 0 Å². The van der Waals surface area contributed by atoms with Crippen molar-refractivity contribution in [1.82, 2.24) is 20.1 Å². The van der Waals surface area contributed by atoms with Gasteiger partial charge in [0, 0.05) is 44.8 Å². The number of alkyl halides is 3. The van der Waals surface area contributed by atoms with Gasteiger partial charge < -0.3 is 10.2 Å². The molecule has 6 nitrogen and oxygen atoms in total. The first kappa shape index (κ1) is 18.2. The predicted octanol–water partition coefficient (Wildman–Crippen LogP) is 2.33. The van der Waals surface area contributed by atoms with Gasteiger partial charge in [-0.2, -0.15) is 18.3 Å². The van der Waals surface area contributed by atoms with Gasteiger partial charge >= 0.3 is 6.18 Å². The van der Waals surface area contributed by atoms with Crippen LogP contribution in [0.15, 0.2) is 36.8 Å². The van der Waals surface area contributed by atoms with Crippen LogP contribution in [0.5, 0.6) is 0 Å². The third kappa shape index (κ3) is 4.53. The lowest BCUT2D eigenvalue weighted by Gasteiger charge is -2.18. The van der Waals surface area contributed by atoms with E-state index in [1.807, 2.05) is 17.2 Å². The standard InChI is InChI=1S/C17H20F3N5O/c18-17(19,20)14-3-4-15(22-11-14)24-10-5-13(12-24)16(26)21-6-1-8-25-9-2-7-23-25/h2-4,7,9,11,13H,1,5-6,8,10,12H2,(H,21,26)/t13-/m0/s1. The van der Waals surface area contributed by atoms with Gasteiger partial charge in [0.1, 0.15) is 5.82 Å². The third-order valence-corrected chi connectivity index (χ3v) is 4.38. The Hall–Kier alpha value is -2.58. The average Bonchev–Trinajstić information content (AvgIpc) is 3.29. The molecule has 1 saturated heterocycles. The first-order chi connectivity index (χ1) is 12.4. The van der Waals surface area contributed by atoms with Gasteiger partial charge in [-0.3, -0.25) is 9.48 Å². The van der Waals surface area contributed by atoms with E-state index in [0.717, 1.165) is 25.2 Å². The minimum Gasteiger partial charge on any atom is -0.356 e. The zero-order valence-corrected chi connectivity index (χ0v) is 14.1. The molecule has 3 heterocycles. The first-order valence-corrected chi connectivity index (χ1v) is 8.47. The van der Waals surface area contributed by atoms with Crippen LogP contribution in [0.25, 0.3) is 0 Å². The van der Waals surface area contributed by atoms with Gasteiger partial charge in [-0.15, -0.1) is 0 Å². The molecular formula is C17H20F3N5O. The number of carbonyl (C=O) groups is 1. The summed E-state index contributed by atoms with van der Waals surface area (Å²) < 4.78 is 39.6. The second kappa shape index (κ2) is 7.76. The number of pyridine rings is 1. The minimum atomic E-state index is -4.39. The summed E-state index contributed by atoms with van der Waals surface area (Å²) in [5, 5.41) is 7.01. The smallest absolute Gasteiger partial charge is 0.356 e. The molecule has 26 heavy (non-hydrogen) atoms. The van der Waals surface area contributed by atoms with Gasteiger partial charge in [-0.1, -0.05) is 0 Å². The molecular weight excluding hydrogens is 347 g/mol. The summed E-state index contributed by atoms with van der Waals surface area (Å²) in [6.45, 7) is 2.36. The molecule has 0 spiro atoms.